The first-order chi connectivity index (χ1) is 8.90. The summed E-state index contributed by atoms with van der Waals surface area (Å²) in [4.78, 5) is 14.8. The highest BCUT2D eigenvalue weighted by Gasteiger charge is 2.24. The number of amides is 1. The van der Waals surface area contributed by atoms with Crippen LogP contribution in [0.25, 0.3) is 0 Å². The van der Waals surface area contributed by atoms with Gasteiger partial charge in [-0.2, -0.15) is 0 Å². The molecular weight excluding hydrogens is 234 g/mol. The van der Waals surface area contributed by atoms with E-state index in [0.29, 0.717) is 0 Å². The highest BCUT2D eigenvalue weighted by atomic mass is 16.2. The molecule has 0 aliphatic carbocycles. The van der Waals surface area contributed by atoms with Gasteiger partial charge < -0.3 is 4.90 Å². The Morgan fingerprint density at radius 2 is 1.42 bits per heavy atom. The van der Waals surface area contributed by atoms with Crippen LogP contribution in [-0.4, -0.2) is 22.9 Å². The molecule has 2 atom stereocenters. The molecule has 0 aromatic heterocycles. The summed E-state index contributed by atoms with van der Waals surface area (Å²) in [6, 6.07) is 6.65. The summed E-state index contributed by atoms with van der Waals surface area (Å²) >= 11 is 0. The fraction of sp³-hybridized carbons (Fsp3) is 0.588. The van der Waals surface area contributed by atoms with Crippen LogP contribution in [0.2, 0.25) is 0 Å². The smallest absolute Gasteiger partial charge is 0.254 e. The maximum atomic E-state index is 12.8. The standard InChI is InChI=1S/C17H27NO/c1-7-14(5)18(15(6)8-2)17(19)16-10-12(3)9-13(4)11-16/h9-11,14-15H,7-8H2,1-6H3. The summed E-state index contributed by atoms with van der Waals surface area (Å²) in [7, 11) is 0. The lowest BCUT2D eigenvalue weighted by molar-refractivity contribution is 0.0598. The van der Waals surface area contributed by atoms with Crippen LogP contribution in [-0.2, 0) is 0 Å². The molecule has 1 rings (SSSR count). The van der Waals surface area contributed by atoms with Crippen LogP contribution in [0, 0.1) is 13.8 Å². The quantitative estimate of drug-likeness (QED) is 0.772. The molecule has 1 aromatic carbocycles. The first-order valence-corrected chi connectivity index (χ1v) is 7.31. The molecule has 0 saturated heterocycles. The summed E-state index contributed by atoms with van der Waals surface area (Å²) in [5.41, 5.74) is 3.12. The molecule has 1 aromatic rings. The Labute approximate surface area is 117 Å². The third kappa shape index (κ3) is 3.82. The van der Waals surface area contributed by atoms with Gasteiger partial charge >= 0.3 is 0 Å². The molecule has 0 aliphatic heterocycles. The average Bonchev–Trinajstić information content (AvgIpc) is 2.37. The van der Waals surface area contributed by atoms with Crippen LogP contribution >= 0.6 is 0 Å². The van der Waals surface area contributed by atoms with Gasteiger partial charge in [0.15, 0.2) is 0 Å². The molecule has 0 spiro atoms. The maximum Gasteiger partial charge on any atom is 0.254 e. The summed E-state index contributed by atoms with van der Waals surface area (Å²) in [5, 5.41) is 0. The van der Waals surface area contributed by atoms with Crippen molar-refractivity contribution in [3.63, 3.8) is 0 Å². The second kappa shape index (κ2) is 6.74. The van der Waals surface area contributed by atoms with Crippen molar-refractivity contribution in [2.24, 2.45) is 0 Å². The number of hydrogen-bond donors (Lipinski definition) is 0. The molecule has 2 nitrogen and oxygen atoms in total. The van der Waals surface area contributed by atoms with E-state index in [9.17, 15) is 4.79 Å². The number of benzene rings is 1. The van der Waals surface area contributed by atoms with E-state index in [4.69, 9.17) is 0 Å². The Hall–Kier alpha value is -1.31. The first-order valence-electron chi connectivity index (χ1n) is 7.31. The highest BCUT2D eigenvalue weighted by molar-refractivity contribution is 5.95. The fourth-order valence-electron chi connectivity index (χ4n) is 2.48. The minimum atomic E-state index is 0.163. The predicted octanol–water partition coefficient (Wildman–Crippen LogP) is 4.34. The van der Waals surface area contributed by atoms with Gasteiger partial charge in [0.2, 0.25) is 0 Å². The Morgan fingerprint density at radius 1 is 1.00 bits per heavy atom. The van der Waals surface area contributed by atoms with Gasteiger partial charge in [-0.05, 0) is 52.7 Å². The van der Waals surface area contributed by atoms with Gasteiger partial charge in [0, 0.05) is 17.6 Å². The second-order valence-corrected chi connectivity index (χ2v) is 5.60. The largest absolute Gasteiger partial charge is 0.333 e. The number of carbonyl (C=O) groups excluding carboxylic acids is 1. The molecule has 0 heterocycles. The molecule has 0 bridgehead atoms. The summed E-state index contributed by atoms with van der Waals surface area (Å²) in [6.45, 7) is 12.6. The Bertz CT molecular complexity index is 409. The van der Waals surface area contributed by atoms with E-state index in [0.717, 1.165) is 29.5 Å². The van der Waals surface area contributed by atoms with Crippen LogP contribution in [0.5, 0.6) is 0 Å². The van der Waals surface area contributed by atoms with Gasteiger partial charge in [-0.1, -0.05) is 31.0 Å². The highest BCUT2D eigenvalue weighted by Crippen LogP contribution is 2.18. The van der Waals surface area contributed by atoms with Crippen molar-refractivity contribution in [1.82, 2.24) is 4.90 Å². The van der Waals surface area contributed by atoms with Crippen molar-refractivity contribution >= 4 is 5.91 Å². The second-order valence-electron chi connectivity index (χ2n) is 5.60. The Morgan fingerprint density at radius 3 is 1.79 bits per heavy atom. The van der Waals surface area contributed by atoms with Gasteiger partial charge in [0.05, 0.1) is 0 Å². The van der Waals surface area contributed by atoms with Gasteiger partial charge in [0.1, 0.15) is 0 Å². The van der Waals surface area contributed by atoms with Crippen molar-refractivity contribution in [1.29, 1.82) is 0 Å². The predicted molar refractivity (Wildman–Crippen MR) is 81.6 cm³/mol. The average molecular weight is 261 g/mol. The summed E-state index contributed by atoms with van der Waals surface area (Å²) in [5.74, 6) is 0.163. The molecule has 1 amide bonds. The van der Waals surface area contributed by atoms with Crippen LogP contribution in [0.4, 0.5) is 0 Å². The number of rotatable bonds is 5. The van der Waals surface area contributed by atoms with Crippen LogP contribution in [0.3, 0.4) is 0 Å². The summed E-state index contributed by atoms with van der Waals surface area (Å²) < 4.78 is 0. The molecule has 2 unspecified atom stereocenters. The van der Waals surface area contributed by atoms with Crippen molar-refractivity contribution in [2.45, 2.75) is 66.5 Å². The molecule has 0 aliphatic rings. The Kier molecular flexibility index (Phi) is 5.59. The minimum absolute atomic E-state index is 0.163. The zero-order valence-corrected chi connectivity index (χ0v) is 13.2. The Balaban J connectivity index is 3.11. The monoisotopic (exact) mass is 261 g/mol. The maximum absolute atomic E-state index is 12.8. The molecule has 0 N–H and O–H groups in total. The van der Waals surface area contributed by atoms with E-state index in [1.54, 1.807) is 0 Å². The van der Waals surface area contributed by atoms with E-state index in [1.807, 2.05) is 30.9 Å². The number of carbonyl (C=O) groups is 1. The van der Waals surface area contributed by atoms with E-state index in [2.05, 4.69) is 33.8 Å². The van der Waals surface area contributed by atoms with E-state index < -0.39 is 0 Å². The number of nitrogens with zero attached hydrogens (tertiary/aromatic N) is 1. The van der Waals surface area contributed by atoms with E-state index in [-0.39, 0.29) is 18.0 Å². The molecule has 0 saturated carbocycles. The summed E-state index contributed by atoms with van der Waals surface area (Å²) in [6.07, 6.45) is 1.97. The van der Waals surface area contributed by atoms with E-state index >= 15 is 0 Å². The normalized spacial score (nSPS) is 14.0. The molecule has 0 radical (unpaired) electrons. The molecule has 19 heavy (non-hydrogen) atoms. The van der Waals surface area contributed by atoms with Gasteiger partial charge in [-0.25, -0.2) is 0 Å². The molecule has 106 valence electrons. The van der Waals surface area contributed by atoms with Gasteiger partial charge in [0.25, 0.3) is 5.91 Å². The zero-order chi connectivity index (χ0) is 14.6. The third-order valence-electron chi connectivity index (χ3n) is 3.83. The first kappa shape index (κ1) is 15.7. The topological polar surface area (TPSA) is 20.3 Å². The van der Waals surface area contributed by atoms with Crippen molar-refractivity contribution in [3.05, 3.63) is 34.9 Å². The van der Waals surface area contributed by atoms with Crippen LogP contribution in [0.15, 0.2) is 18.2 Å². The number of aryl methyl sites for hydroxylation is 2. The lowest BCUT2D eigenvalue weighted by Crippen LogP contribution is -2.44. The zero-order valence-electron chi connectivity index (χ0n) is 13.2. The third-order valence-corrected chi connectivity index (χ3v) is 3.83. The number of hydrogen-bond acceptors (Lipinski definition) is 1. The molecular formula is C17H27NO. The van der Waals surface area contributed by atoms with Crippen molar-refractivity contribution in [2.75, 3.05) is 0 Å². The van der Waals surface area contributed by atoms with Crippen LogP contribution in [0.1, 0.15) is 62.0 Å². The SMILES string of the molecule is CCC(C)N(C(=O)c1cc(C)cc(C)c1)C(C)CC. The van der Waals surface area contributed by atoms with Crippen molar-refractivity contribution < 1.29 is 4.79 Å². The van der Waals surface area contributed by atoms with Crippen LogP contribution < -0.4 is 0 Å². The molecule has 2 heteroatoms. The van der Waals surface area contributed by atoms with Crippen molar-refractivity contribution in [3.8, 4) is 0 Å². The lowest BCUT2D eigenvalue weighted by atomic mass is 10.0. The van der Waals surface area contributed by atoms with Gasteiger partial charge in [-0.3, -0.25) is 4.79 Å². The fourth-order valence-corrected chi connectivity index (χ4v) is 2.48. The van der Waals surface area contributed by atoms with Gasteiger partial charge in [-0.15, -0.1) is 0 Å². The molecule has 0 fully saturated rings. The minimum Gasteiger partial charge on any atom is -0.333 e. The van der Waals surface area contributed by atoms with E-state index in [1.165, 1.54) is 0 Å². The lowest BCUT2D eigenvalue weighted by Gasteiger charge is -2.34.